The largest absolute Gasteiger partial charge is 0.468 e. The molecule has 0 saturated heterocycles. The fraction of sp³-hybridized carbons (Fsp3) is 0.273. The highest BCUT2D eigenvalue weighted by Gasteiger charge is 1.99. The lowest BCUT2D eigenvalue weighted by atomic mass is 10.4. The van der Waals surface area contributed by atoms with Gasteiger partial charge in [-0.3, -0.25) is 0 Å². The van der Waals surface area contributed by atoms with Crippen molar-refractivity contribution in [3.63, 3.8) is 0 Å². The van der Waals surface area contributed by atoms with Crippen molar-refractivity contribution in [2.24, 2.45) is 0 Å². The standard InChI is InChI=1S/C11H13NOS2/c1-14-11-5-4-10(15-11)8-12-7-9-3-2-6-13-9/h2-6,12H,7-8H2,1H3. The van der Waals surface area contributed by atoms with Gasteiger partial charge in [-0.2, -0.15) is 0 Å². The Bertz CT molecular complexity index is 394. The molecule has 2 aromatic heterocycles. The van der Waals surface area contributed by atoms with Crippen LogP contribution in [0, 0.1) is 0 Å². The minimum Gasteiger partial charge on any atom is -0.468 e. The topological polar surface area (TPSA) is 25.2 Å². The van der Waals surface area contributed by atoms with Gasteiger partial charge in [0.15, 0.2) is 0 Å². The van der Waals surface area contributed by atoms with Gasteiger partial charge in [0, 0.05) is 11.4 Å². The molecule has 4 heteroatoms. The van der Waals surface area contributed by atoms with E-state index in [0.29, 0.717) is 0 Å². The van der Waals surface area contributed by atoms with E-state index in [1.54, 1.807) is 18.0 Å². The SMILES string of the molecule is CSc1ccc(CNCc2ccco2)s1. The molecule has 0 spiro atoms. The molecule has 80 valence electrons. The number of rotatable bonds is 5. The molecule has 0 saturated carbocycles. The zero-order valence-corrected chi connectivity index (χ0v) is 10.2. The maximum absolute atomic E-state index is 5.23. The van der Waals surface area contributed by atoms with Crippen molar-refractivity contribution in [1.29, 1.82) is 0 Å². The second-order valence-electron chi connectivity index (χ2n) is 3.11. The van der Waals surface area contributed by atoms with E-state index in [4.69, 9.17) is 4.42 Å². The number of furan rings is 1. The fourth-order valence-electron chi connectivity index (χ4n) is 1.29. The van der Waals surface area contributed by atoms with E-state index in [1.807, 2.05) is 23.5 Å². The van der Waals surface area contributed by atoms with Crippen molar-refractivity contribution in [3.8, 4) is 0 Å². The zero-order chi connectivity index (χ0) is 10.5. The van der Waals surface area contributed by atoms with Crippen molar-refractivity contribution in [1.82, 2.24) is 5.32 Å². The number of hydrogen-bond donors (Lipinski definition) is 1. The van der Waals surface area contributed by atoms with E-state index in [1.165, 1.54) is 9.09 Å². The Morgan fingerprint density at radius 1 is 1.33 bits per heavy atom. The van der Waals surface area contributed by atoms with Crippen LogP contribution in [0.3, 0.4) is 0 Å². The molecule has 1 N–H and O–H groups in total. The van der Waals surface area contributed by atoms with Gasteiger partial charge in [0.1, 0.15) is 5.76 Å². The molecule has 0 fully saturated rings. The normalized spacial score (nSPS) is 10.7. The first kappa shape index (κ1) is 10.8. The van der Waals surface area contributed by atoms with Crippen LogP contribution in [-0.2, 0) is 13.1 Å². The van der Waals surface area contributed by atoms with Crippen LogP contribution in [0.1, 0.15) is 10.6 Å². The molecule has 0 unspecified atom stereocenters. The highest BCUT2D eigenvalue weighted by molar-refractivity contribution is 8.00. The Kier molecular flexibility index (Phi) is 3.88. The van der Waals surface area contributed by atoms with Gasteiger partial charge in [0.05, 0.1) is 17.0 Å². The second-order valence-corrected chi connectivity index (χ2v) is 5.38. The average Bonchev–Trinajstić information content (AvgIpc) is 2.88. The van der Waals surface area contributed by atoms with Crippen LogP contribution in [-0.4, -0.2) is 6.26 Å². The monoisotopic (exact) mass is 239 g/mol. The van der Waals surface area contributed by atoms with Gasteiger partial charge in [-0.05, 0) is 30.5 Å². The quantitative estimate of drug-likeness (QED) is 0.810. The van der Waals surface area contributed by atoms with E-state index in [9.17, 15) is 0 Å². The molecule has 0 aliphatic carbocycles. The highest BCUT2D eigenvalue weighted by Crippen LogP contribution is 2.24. The molecule has 0 radical (unpaired) electrons. The van der Waals surface area contributed by atoms with Gasteiger partial charge in [-0.25, -0.2) is 0 Å². The fourth-order valence-corrected chi connectivity index (χ4v) is 2.85. The summed E-state index contributed by atoms with van der Waals surface area (Å²) in [7, 11) is 0. The lowest BCUT2D eigenvalue weighted by Crippen LogP contribution is -2.10. The van der Waals surface area contributed by atoms with Crippen molar-refractivity contribution >= 4 is 23.1 Å². The van der Waals surface area contributed by atoms with Crippen LogP contribution in [0.4, 0.5) is 0 Å². The van der Waals surface area contributed by atoms with E-state index >= 15 is 0 Å². The summed E-state index contributed by atoms with van der Waals surface area (Å²) >= 11 is 3.63. The van der Waals surface area contributed by atoms with Gasteiger partial charge in [-0.15, -0.1) is 23.1 Å². The third kappa shape index (κ3) is 3.12. The van der Waals surface area contributed by atoms with Gasteiger partial charge < -0.3 is 9.73 Å². The van der Waals surface area contributed by atoms with Gasteiger partial charge in [0.25, 0.3) is 0 Å². The molecular formula is C11H13NOS2. The summed E-state index contributed by atoms with van der Waals surface area (Å²) in [6.07, 6.45) is 3.81. The molecule has 0 aromatic carbocycles. The van der Waals surface area contributed by atoms with Gasteiger partial charge in [0.2, 0.25) is 0 Å². The van der Waals surface area contributed by atoms with E-state index in [-0.39, 0.29) is 0 Å². The molecule has 0 atom stereocenters. The van der Waals surface area contributed by atoms with E-state index < -0.39 is 0 Å². The maximum atomic E-state index is 5.23. The Morgan fingerprint density at radius 3 is 2.93 bits per heavy atom. The summed E-state index contributed by atoms with van der Waals surface area (Å²) in [5, 5.41) is 3.35. The second kappa shape index (κ2) is 5.39. The Morgan fingerprint density at radius 2 is 2.27 bits per heavy atom. The maximum Gasteiger partial charge on any atom is 0.117 e. The lowest BCUT2D eigenvalue weighted by Gasteiger charge is -1.99. The average molecular weight is 239 g/mol. The highest BCUT2D eigenvalue weighted by atomic mass is 32.2. The zero-order valence-electron chi connectivity index (χ0n) is 8.53. The molecule has 0 aliphatic heterocycles. The summed E-state index contributed by atoms with van der Waals surface area (Å²) < 4.78 is 6.60. The number of nitrogens with one attached hydrogen (secondary N) is 1. The lowest BCUT2D eigenvalue weighted by molar-refractivity contribution is 0.483. The van der Waals surface area contributed by atoms with Crippen molar-refractivity contribution < 1.29 is 4.42 Å². The number of thioether (sulfide) groups is 1. The molecule has 0 bridgehead atoms. The molecule has 15 heavy (non-hydrogen) atoms. The third-order valence-electron chi connectivity index (χ3n) is 2.02. The summed E-state index contributed by atoms with van der Waals surface area (Å²) in [6.45, 7) is 1.70. The summed E-state index contributed by atoms with van der Waals surface area (Å²) in [6, 6.07) is 8.23. The number of thiophene rings is 1. The molecule has 0 amide bonds. The Balaban J connectivity index is 1.78. The number of hydrogen-bond acceptors (Lipinski definition) is 4. The molecular weight excluding hydrogens is 226 g/mol. The van der Waals surface area contributed by atoms with Crippen molar-refractivity contribution in [3.05, 3.63) is 41.2 Å². The molecule has 2 aromatic rings. The minimum atomic E-state index is 0.791. The predicted octanol–water partition coefficient (Wildman–Crippen LogP) is 3.35. The summed E-state index contributed by atoms with van der Waals surface area (Å²) in [4.78, 5) is 1.37. The van der Waals surface area contributed by atoms with Crippen molar-refractivity contribution in [2.45, 2.75) is 17.3 Å². The third-order valence-corrected chi connectivity index (χ3v) is 4.19. The van der Waals surface area contributed by atoms with Crippen LogP contribution in [0.5, 0.6) is 0 Å². The molecule has 2 rings (SSSR count). The Labute approximate surface area is 97.7 Å². The first-order chi connectivity index (χ1) is 7.38. The smallest absolute Gasteiger partial charge is 0.117 e. The van der Waals surface area contributed by atoms with Crippen molar-refractivity contribution in [2.75, 3.05) is 6.26 Å². The van der Waals surface area contributed by atoms with Gasteiger partial charge >= 0.3 is 0 Å². The van der Waals surface area contributed by atoms with Crippen LogP contribution in [0.25, 0.3) is 0 Å². The summed E-state index contributed by atoms with van der Waals surface area (Å²) in [5.41, 5.74) is 0. The molecule has 2 nitrogen and oxygen atoms in total. The summed E-state index contributed by atoms with van der Waals surface area (Å²) in [5.74, 6) is 0.983. The first-order valence-corrected chi connectivity index (χ1v) is 6.78. The minimum absolute atomic E-state index is 0.791. The molecule has 2 heterocycles. The van der Waals surface area contributed by atoms with Crippen LogP contribution in [0.15, 0.2) is 39.2 Å². The van der Waals surface area contributed by atoms with Crippen LogP contribution >= 0.6 is 23.1 Å². The predicted molar refractivity (Wildman–Crippen MR) is 65.4 cm³/mol. The van der Waals surface area contributed by atoms with E-state index in [2.05, 4.69) is 23.7 Å². The van der Waals surface area contributed by atoms with Crippen LogP contribution < -0.4 is 5.32 Å². The van der Waals surface area contributed by atoms with Crippen LogP contribution in [0.2, 0.25) is 0 Å². The Hall–Kier alpha value is -0.710. The van der Waals surface area contributed by atoms with Gasteiger partial charge in [-0.1, -0.05) is 0 Å². The first-order valence-electron chi connectivity index (χ1n) is 4.74. The van der Waals surface area contributed by atoms with E-state index in [0.717, 1.165) is 18.8 Å². The molecule has 0 aliphatic rings.